The number of benzene rings is 1. The maximum absolute atomic E-state index is 5.72. The lowest BCUT2D eigenvalue weighted by atomic mass is 9.96. The van der Waals surface area contributed by atoms with Crippen LogP contribution in [0.25, 0.3) is 11.1 Å². The largest absolute Gasteiger partial charge is 0.443 e. The van der Waals surface area contributed by atoms with E-state index >= 15 is 0 Å². The molecule has 0 bridgehead atoms. The first kappa shape index (κ1) is 10.6. The molecule has 3 rings (SSSR count). The van der Waals surface area contributed by atoms with Crippen LogP contribution in [0.1, 0.15) is 12.8 Å². The average Bonchev–Trinajstić information content (AvgIpc) is 2.87. The van der Waals surface area contributed by atoms with Crippen molar-refractivity contribution in [2.75, 3.05) is 24.5 Å². The van der Waals surface area contributed by atoms with Crippen LogP contribution >= 0.6 is 0 Å². The summed E-state index contributed by atoms with van der Waals surface area (Å²) in [5.74, 6) is 0.683. The van der Waals surface area contributed by atoms with Crippen LogP contribution < -0.4 is 10.6 Å². The van der Waals surface area contributed by atoms with E-state index < -0.39 is 0 Å². The van der Waals surface area contributed by atoms with Gasteiger partial charge in [0.2, 0.25) is 0 Å². The minimum Gasteiger partial charge on any atom is -0.443 e. The second kappa shape index (κ2) is 4.37. The molecule has 1 saturated heterocycles. The summed E-state index contributed by atoms with van der Waals surface area (Å²) < 4.78 is 5.33. The van der Waals surface area contributed by atoms with Crippen LogP contribution in [0.15, 0.2) is 29.0 Å². The van der Waals surface area contributed by atoms with Crippen molar-refractivity contribution >= 4 is 16.8 Å². The number of hydrogen-bond donors (Lipinski definition) is 1. The van der Waals surface area contributed by atoms with Gasteiger partial charge in [0, 0.05) is 13.1 Å². The molecule has 2 aromatic rings. The van der Waals surface area contributed by atoms with E-state index in [2.05, 4.69) is 16.0 Å². The molecule has 1 fully saturated rings. The zero-order valence-electron chi connectivity index (χ0n) is 9.80. The maximum Gasteiger partial charge on any atom is 0.182 e. The monoisotopic (exact) mass is 231 g/mol. The molecule has 0 aliphatic carbocycles. The van der Waals surface area contributed by atoms with Gasteiger partial charge in [0.05, 0.1) is 5.69 Å². The minimum absolute atomic E-state index is 0.683. The van der Waals surface area contributed by atoms with Gasteiger partial charge < -0.3 is 15.1 Å². The molecule has 0 saturated carbocycles. The van der Waals surface area contributed by atoms with Gasteiger partial charge in [0.25, 0.3) is 0 Å². The summed E-state index contributed by atoms with van der Waals surface area (Å²) in [4.78, 5) is 6.69. The first-order valence-electron chi connectivity index (χ1n) is 6.15. The summed E-state index contributed by atoms with van der Waals surface area (Å²) in [6, 6.07) is 6.10. The van der Waals surface area contributed by atoms with Crippen LogP contribution in [0.3, 0.4) is 0 Å². The van der Waals surface area contributed by atoms with Crippen molar-refractivity contribution in [3.05, 3.63) is 24.6 Å². The number of rotatable bonds is 2. The molecule has 90 valence electrons. The van der Waals surface area contributed by atoms with Crippen LogP contribution in [0.2, 0.25) is 0 Å². The molecule has 0 unspecified atom stereocenters. The van der Waals surface area contributed by atoms with E-state index in [1.807, 2.05) is 12.1 Å². The highest BCUT2D eigenvalue weighted by atomic mass is 16.3. The number of aromatic nitrogens is 1. The number of fused-ring (bicyclic) bond motifs is 1. The van der Waals surface area contributed by atoms with E-state index in [0.717, 1.165) is 30.7 Å². The highest BCUT2D eigenvalue weighted by Crippen LogP contribution is 2.28. The van der Waals surface area contributed by atoms with Crippen molar-refractivity contribution in [1.82, 2.24) is 4.98 Å². The van der Waals surface area contributed by atoms with Crippen molar-refractivity contribution in [2.45, 2.75) is 12.8 Å². The lowest BCUT2D eigenvalue weighted by Gasteiger charge is -2.33. The zero-order valence-corrected chi connectivity index (χ0v) is 9.80. The number of nitrogens with zero attached hydrogens (tertiary/aromatic N) is 2. The van der Waals surface area contributed by atoms with E-state index in [1.165, 1.54) is 24.9 Å². The fourth-order valence-electron chi connectivity index (χ4n) is 2.54. The second-order valence-electron chi connectivity index (χ2n) is 4.64. The Balaban J connectivity index is 1.87. The molecule has 17 heavy (non-hydrogen) atoms. The molecule has 0 atom stereocenters. The third-order valence-corrected chi connectivity index (χ3v) is 3.63. The molecular weight excluding hydrogens is 214 g/mol. The molecular formula is C13H17N3O. The predicted molar refractivity (Wildman–Crippen MR) is 68.0 cm³/mol. The van der Waals surface area contributed by atoms with Gasteiger partial charge in [-0.3, -0.25) is 0 Å². The summed E-state index contributed by atoms with van der Waals surface area (Å²) >= 11 is 0. The number of hydrogen-bond acceptors (Lipinski definition) is 4. The maximum atomic E-state index is 5.72. The molecule has 2 heterocycles. The minimum atomic E-state index is 0.683. The Morgan fingerprint density at radius 1 is 1.35 bits per heavy atom. The molecule has 2 N–H and O–H groups in total. The van der Waals surface area contributed by atoms with Gasteiger partial charge in [0.15, 0.2) is 12.0 Å². The fourth-order valence-corrected chi connectivity index (χ4v) is 2.54. The molecule has 1 aromatic heterocycles. The fraction of sp³-hybridized carbons (Fsp3) is 0.462. The molecule has 4 heteroatoms. The van der Waals surface area contributed by atoms with Gasteiger partial charge in [0.1, 0.15) is 5.52 Å². The molecule has 0 spiro atoms. The van der Waals surface area contributed by atoms with Crippen molar-refractivity contribution in [3.63, 3.8) is 0 Å². The number of piperidine rings is 1. The van der Waals surface area contributed by atoms with Gasteiger partial charge in [-0.1, -0.05) is 6.07 Å². The van der Waals surface area contributed by atoms with E-state index in [0.29, 0.717) is 5.92 Å². The molecule has 1 aliphatic rings. The summed E-state index contributed by atoms with van der Waals surface area (Å²) in [5.41, 5.74) is 8.74. The van der Waals surface area contributed by atoms with Gasteiger partial charge >= 0.3 is 0 Å². The van der Waals surface area contributed by atoms with Crippen LogP contribution in [0.4, 0.5) is 5.69 Å². The van der Waals surface area contributed by atoms with Crippen LogP contribution in [0, 0.1) is 5.92 Å². The van der Waals surface area contributed by atoms with E-state index in [1.54, 1.807) is 0 Å². The number of anilines is 1. The Bertz CT molecular complexity index is 500. The van der Waals surface area contributed by atoms with Crippen LogP contribution in [-0.2, 0) is 0 Å². The Kier molecular flexibility index (Phi) is 2.73. The highest BCUT2D eigenvalue weighted by molar-refractivity contribution is 5.87. The van der Waals surface area contributed by atoms with E-state index in [4.69, 9.17) is 10.2 Å². The Labute approximate surface area is 100 Å². The molecule has 0 amide bonds. The smallest absolute Gasteiger partial charge is 0.182 e. The lowest BCUT2D eigenvalue weighted by molar-refractivity contribution is 0.415. The van der Waals surface area contributed by atoms with Gasteiger partial charge in [-0.15, -0.1) is 0 Å². The lowest BCUT2D eigenvalue weighted by Crippen LogP contribution is -2.36. The molecule has 0 radical (unpaired) electrons. The number of oxazole rings is 1. The predicted octanol–water partition coefficient (Wildman–Crippen LogP) is 2.00. The normalized spacial score (nSPS) is 17.8. The van der Waals surface area contributed by atoms with Gasteiger partial charge in [-0.2, -0.15) is 0 Å². The van der Waals surface area contributed by atoms with Crippen molar-refractivity contribution in [2.24, 2.45) is 11.7 Å². The summed E-state index contributed by atoms with van der Waals surface area (Å²) in [7, 11) is 0. The third-order valence-electron chi connectivity index (χ3n) is 3.63. The van der Waals surface area contributed by atoms with Gasteiger partial charge in [-0.25, -0.2) is 4.98 Å². The Hall–Kier alpha value is -1.55. The first-order valence-corrected chi connectivity index (χ1v) is 6.15. The Morgan fingerprint density at radius 3 is 2.94 bits per heavy atom. The van der Waals surface area contributed by atoms with E-state index in [-0.39, 0.29) is 0 Å². The molecule has 4 nitrogen and oxygen atoms in total. The number of nitrogens with two attached hydrogens (primary N) is 1. The first-order chi connectivity index (χ1) is 8.38. The average molecular weight is 231 g/mol. The third kappa shape index (κ3) is 1.89. The quantitative estimate of drug-likeness (QED) is 0.859. The van der Waals surface area contributed by atoms with Gasteiger partial charge in [-0.05, 0) is 37.4 Å². The standard InChI is InChI=1S/C13H17N3O/c14-8-10-4-6-16(7-5-10)11-2-1-3-12-13(11)15-9-17-12/h1-3,9-10H,4-8,14H2. The van der Waals surface area contributed by atoms with E-state index in [9.17, 15) is 0 Å². The second-order valence-corrected chi connectivity index (χ2v) is 4.64. The molecule has 1 aromatic carbocycles. The summed E-state index contributed by atoms with van der Waals surface area (Å²) in [6.45, 7) is 2.93. The van der Waals surface area contributed by atoms with Crippen LogP contribution in [-0.4, -0.2) is 24.6 Å². The van der Waals surface area contributed by atoms with Crippen molar-refractivity contribution in [3.8, 4) is 0 Å². The van der Waals surface area contributed by atoms with Crippen molar-refractivity contribution in [1.29, 1.82) is 0 Å². The zero-order chi connectivity index (χ0) is 11.7. The topological polar surface area (TPSA) is 55.3 Å². The SMILES string of the molecule is NCC1CCN(c2cccc3ocnc23)CC1. The van der Waals surface area contributed by atoms with Crippen LogP contribution in [0.5, 0.6) is 0 Å². The highest BCUT2D eigenvalue weighted by Gasteiger charge is 2.20. The summed E-state index contributed by atoms with van der Waals surface area (Å²) in [6.07, 6.45) is 3.86. The summed E-state index contributed by atoms with van der Waals surface area (Å²) in [5, 5.41) is 0. The Morgan fingerprint density at radius 2 is 2.18 bits per heavy atom. The number of para-hydroxylation sites is 1. The molecule has 1 aliphatic heterocycles. The van der Waals surface area contributed by atoms with Crippen molar-refractivity contribution < 1.29 is 4.42 Å².